The van der Waals surface area contributed by atoms with Crippen LogP contribution in [0.2, 0.25) is 0 Å². The maximum Gasteiger partial charge on any atom is 0.173 e. The van der Waals surface area contributed by atoms with Crippen molar-refractivity contribution < 1.29 is 0 Å². The number of rotatable bonds is 5. The van der Waals surface area contributed by atoms with E-state index in [0.717, 1.165) is 17.2 Å². The van der Waals surface area contributed by atoms with Gasteiger partial charge in [0.05, 0.1) is 0 Å². The fourth-order valence-corrected chi connectivity index (χ4v) is 6.65. The predicted molar refractivity (Wildman–Crippen MR) is 168 cm³/mol. The van der Waals surface area contributed by atoms with Gasteiger partial charge in [-0.3, -0.25) is 10.4 Å². The molecule has 0 radical (unpaired) electrons. The SMILES string of the molecule is Cc1cc(C)cc(N2/C(=N/C(C)C)C(=N)N3c4cc(-c5c(C(C)C)cccc5C(C)C)ccc4C(C)(C)C32)c1. The highest BCUT2D eigenvalue weighted by atomic mass is 15.5. The second kappa shape index (κ2) is 9.66. The third-order valence-corrected chi connectivity index (χ3v) is 8.29. The van der Waals surface area contributed by atoms with Crippen molar-refractivity contribution in [1.29, 1.82) is 5.41 Å². The van der Waals surface area contributed by atoms with Crippen LogP contribution in [0.5, 0.6) is 0 Å². The second-order valence-electron chi connectivity index (χ2n) is 12.9. The third kappa shape index (κ3) is 4.38. The molecule has 1 N–H and O–H groups in total. The molecule has 1 unspecified atom stereocenters. The second-order valence-corrected chi connectivity index (χ2v) is 12.9. The first kappa shape index (κ1) is 27.2. The van der Waals surface area contributed by atoms with Crippen LogP contribution in [0.15, 0.2) is 59.6 Å². The molecular weight excluding hydrogens is 476 g/mol. The maximum atomic E-state index is 9.47. The smallest absolute Gasteiger partial charge is 0.173 e. The van der Waals surface area contributed by atoms with Gasteiger partial charge in [0.25, 0.3) is 0 Å². The van der Waals surface area contributed by atoms with Crippen molar-refractivity contribution in [3.63, 3.8) is 0 Å². The largest absolute Gasteiger partial charge is 0.301 e. The first-order valence-corrected chi connectivity index (χ1v) is 14.4. The molecule has 4 nitrogen and oxygen atoms in total. The van der Waals surface area contributed by atoms with Crippen LogP contribution in [0.3, 0.4) is 0 Å². The van der Waals surface area contributed by atoms with Crippen LogP contribution in [0.25, 0.3) is 11.1 Å². The van der Waals surface area contributed by atoms with E-state index >= 15 is 0 Å². The van der Waals surface area contributed by atoms with Crippen LogP contribution < -0.4 is 9.80 Å². The molecule has 0 bridgehead atoms. The first-order chi connectivity index (χ1) is 18.3. The summed E-state index contributed by atoms with van der Waals surface area (Å²) in [5.74, 6) is 2.09. The van der Waals surface area contributed by atoms with Gasteiger partial charge >= 0.3 is 0 Å². The molecule has 4 heteroatoms. The molecule has 2 aliphatic heterocycles. The van der Waals surface area contributed by atoms with E-state index in [4.69, 9.17) is 4.99 Å². The molecule has 0 saturated carbocycles. The average Bonchev–Trinajstić information content (AvgIpc) is 3.26. The standard InChI is InChI=1S/C35H44N4/c1-20(2)27-12-11-13-28(21(3)4)31(27)25-14-15-29-30(19-25)39-32(36)33(37-22(5)6)38(34(39)35(29,9)10)26-17-23(7)16-24(8)18-26/h11-22,34,36H,1-10H3/b36-32?,37-33+. The molecule has 0 spiro atoms. The van der Waals surface area contributed by atoms with Gasteiger partial charge < -0.3 is 9.80 Å². The van der Waals surface area contributed by atoms with Crippen molar-refractivity contribution in [2.24, 2.45) is 4.99 Å². The van der Waals surface area contributed by atoms with Crippen molar-refractivity contribution in [2.75, 3.05) is 9.80 Å². The third-order valence-electron chi connectivity index (χ3n) is 8.29. The topological polar surface area (TPSA) is 42.7 Å². The minimum atomic E-state index is -0.218. The van der Waals surface area contributed by atoms with Crippen molar-refractivity contribution in [1.82, 2.24) is 0 Å². The Morgan fingerprint density at radius 1 is 0.795 bits per heavy atom. The zero-order valence-corrected chi connectivity index (χ0v) is 25.3. The molecule has 3 aromatic carbocycles. The van der Waals surface area contributed by atoms with Crippen LogP contribution in [0.1, 0.15) is 95.0 Å². The Labute approximate surface area is 235 Å². The van der Waals surface area contributed by atoms with Gasteiger partial charge in [-0.05, 0) is 96.7 Å². The molecule has 3 aromatic rings. The number of hydrogen-bond acceptors (Lipinski definition) is 2. The van der Waals surface area contributed by atoms with Gasteiger partial charge in [-0.25, -0.2) is 0 Å². The van der Waals surface area contributed by atoms with E-state index in [1.54, 1.807) is 0 Å². The van der Waals surface area contributed by atoms with E-state index < -0.39 is 0 Å². The molecule has 39 heavy (non-hydrogen) atoms. The molecule has 0 aromatic heterocycles. The Bertz CT molecular complexity index is 1430. The molecular formula is C35H44N4. The van der Waals surface area contributed by atoms with Crippen molar-refractivity contribution >= 4 is 23.0 Å². The number of aryl methyl sites for hydroxylation is 2. The fourth-order valence-electron chi connectivity index (χ4n) is 6.65. The maximum absolute atomic E-state index is 9.47. The van der Waals surface area contributed by atoms with E-state index in [2.05, 4.69) is 134 Å². The highest BCUT2D eigenvalue weighted by Gasteiger charge is 2.56. The summed E-state index contributed by atoms with van der Waals surface area (Å²) in [6, 6.07) is 20.5. The van der Waals surface area contributed by atoms with Crippen LogP contribution in [0.4, 0.5) is 11.4 Å². The lowest BCUT2D eigenvalue weighted by Crippen LogP contribution is -2.48. The van der Waals surface area contributed by atoms with Crippen molar-refractivity contribution in [3.05, 3.63) is 82.4 Å². The minimum absolute atomic E-state index is 0.0566. The summed E-state index contributed by atoms with van der Waals surface area (Å²) in [7, 11) is 0. The van der Waals surface area contributed by atoms with E-state index in [1.807, 2.05) is 0 Å². The summed E-state index contributed by atoms with van der Waals surface area (Å²) >= 11 is 0. The summed E-state index contributed by atoms with van der Waals surface area (Å²) in [6.45, 7) is 22.2. The highest BCUT2D eigenvalue weighted by Crippen LogP contribution is 2.52. The lowest BCUT2D eigenvalue weighted by molar-refractivity contribution is 0.456. The lowest BCUT2D eigenvalue weighted by Gasteiger charge is -2.36. The Hall–Kier alpha value is -3.40. The molecule has 1 fully saturated rings. The monoisotopic (exact) mass is 520 g/mol. The predicted octanol–water partition coefficient (Wildman–Crippen LogP) is 8.95. The van der Waals surface area contributed by atoms with E-state index in [9.17, 15) is 5.41 Å². The quantitative estimate of drug-likeness (QED) is 0.365. The first-order valence-electron chi connectivity index (χ1n) is 14.4. The Morgan fingerprint density at radius 3 is 1.92 bits per heavy atom. The Morgan fingerprint density at radius 2 is 1.38 bits per heavy atom. The number of nitrogens with zero attached hydrogens (tertiary/aromatic N) is 3. The summed E-state index contributed by atoms with van der Waals surface area (Å²) in [6.07, 6.45) is -0.0566. The highest BCUT2D eigenvalue weighted by molar-refractivity contribution is 6.52. The van der Waals surface area contributed by atoms with Gasteiger partial charge in [0.15, 0.2) is 11.7 Å². The van der Waals surface area contributed by atoms with Crippen LogP contribution in [-0.2, 0) is 5.41 Å². The number of nitrogens with one attached hydrogen (secondary N) is 1. The fraction of sp³-hybridized carbons (Fsp3) is 0.429. The van der Waals surface area contributed by atoms with Gasteiger partial charge in [-0.1, -0.05) is 77.9 Å². The summed E-state index contributed by atoms with van der Waals surface area (Å²) in [5, 5.41) is 9.47. The summed E-state index contributed by atoms with van der Waals surface area (Å²) in [4.78, 5) is 9.59. The number of benzene rings is 3. The molecule has 204 valence electrons. The zero-order chi connectivity index (χ0) is 28.4. The number of amidine groups is 2. The van der Waals surface area contributed by atoms with Crippen molar-refractivity contribution in [3.8, 4) is 11.1 Å². The summed E-state index contributed by atoms with van der Waals surface area (Å²) in [5.41, 5.74) is 11.1. The number of anilines is 2. The zero-order valence-electron chi connectivity index (χ0n) is 25.3. The molecule has 1 saturated heterocycles. The molecule has 0 amide bonds. The summed E-state index contributed by atoms with van der Waals surface area (Å²) < 4.78 is 0. The van der Waals surface area contributed by atoms with Gasteiger partial charge in [0.2, 0.25) is 0 Å². The van der Waals surface area contributed by atoms with Crippen LogP contribution in [-0.4, -0.2) is 23.9 Å². The van der Waals surface area contributed by atoms with Crippen LogP contribution >= 0.6 is 0 Å². The number of fused-ring (bicyclic) bond motifs is 3. The van der Waals surface area contributed by atoms with Gasteiger partial charge in [0, 0.05) is 22.8 Å². The molecule has 5 rings (SSSR count). The normalized spacial score (nSPS) is 19.2. The van der Waals surface area contributed by atoms with Gasteiger partial charge in [-0.2, -0.15) is 0 Å². The van der Waals surface area contributed by atoms with Gasteiger partial charge in [-0.15, -0.1) is 0 Å². The number of hydrogen-bond donors (Lipinski definition) is 1. The van der Waals surface area contributed by atoms with Crippen molar-refractivity contribution in [2.45, 2.75) is 98.7 Å². The van der Waals surface area contributed by atoms with E-state index in [0.29, 0.717) is 17.7 Å². The lowest BCUT2D eigenvalue weighted by atomic mass is 9.81. The van der Waals surface area contributed by atoms with E-state index in [1.165, 1.54) is 38.9 Å². The van der Waals surface area contributed by atoms with E-state index in [-0.39, 0.29) is 17.6 Å². The molecule has 2 heterocycles. The molecule has 2 aliphatic rings. The minimum Gasteiger partial charge on any atom is -0.301 e. The van der Waals surface area contributed by atoms with Crippen LogP contribution in [0, 0.1) is 19.3 Å². The number of aliphatic imine (C=N–C) groups is 1. The molecule has 0 aliphatic carbocycles. The Kier molecular flexibility index (Phi) is 6.73. The average molecular weight is 521 g/mol. The molecule has 1 atom stereocenters. The van der Waals surface area contributed by atoms with Gasteiger partial charge in [0.1, 0.15) is 6.17 Å². The Balaban J connectivity index is 1.74.